The van der Waals surface area contributed by atoms with Crippen LogP contribution in [-0.4, -0.2) is 63.7 Å². The second kappa shape index (κ2) is 6.62. The SMILES string of the molecule is COc1cccc(N2CCN(C(=O)c3nc4nccc(C)n4n3)CC2)c1. The van der Waals surface area contributed by atoms with Crippen molar-refractivity contribution >= 4 is 17.4 Å². The standard InChI is InChI=1S/C18H20N6O2/c1-13-6-7-19-18-20-16(21-24(13)18)17(25)23-10-8-22(9-11-23)14-4-3-5-15(12-14)26-2/h3-7,12H,8-11H2,1-2H3. The van der Waals surface area contributed by atoms with Gasteiger partial charge in [0.2, 0.25) is 5.82 Å². The second-order valence-electron chi connectivity index (χ2n) is 6.21. The Morgan fingerprint density at radius 1 is 1.15 bits per heavy atom. The zero-order valence-corrected chi connectivity index (χ0v) is 14.8. The minimum absolute atomic E-state index is 0.153. The van der Waals surface area contributed by atoms with E-state index in [1.807, 2.05) is 31.2 Å². The van der Waals surface area contributed by atoms with Crippen LogP contribution in [0.15, 0.2) is 36.5 Å². The average molecular weight is 352 g/mol. The van der Waals surface area contributed by atoms with Crippen molar-refractivity contribution in [3.05, 3.63) is 48.0 Å². The lowest BCUT2D eigenvalue weighted by Gasteiger charge is -2.35. The molecule has 0 N–H and O–H groups in total. The fourth-order valence-corrected chi connectivity index (χ4v) is 3.11. The summed E-state index contributed by atoms with van der Waals surface area (Å²) in [5, 5.41) is 4.31. The molecule has 3 aromatic rings. The Morgan fingerprint density at radius 3 is 2.69 bits per heavy atom. The van der Waals surface area contributed by atoms with Gasteiger partial charge in [0.25, 0.3) is 11.7 Å². The number of hydrogen-bond acceptors (Lipinski definition) is 6. The Kier molecular flexibility index (Phi) is 4.16. The molecule has 8 heteroatoms. The molecular formula is C18H20N6O2. The minimum atomic E-state index is -0.153. The summed E-state index contributed by atoms with van der Waals surface area (Å²) < 4.78 is 6.88. The Morgan fingerprint density at radius 2 is 1.96 bits per heavy atom. The van der Waals surface area contributed by atoms with E-state index >= 15 is 0 Å². The molecule has 1 aliphatic rings. The highest BCUT2D eigenvalue weighted by Crippen LogP contribution is 2.22. The third-order valence-corrected chi connectivity index (χ3v) is 4.61. The summed E-state index contributed by atoms with van der Waals surface area (Å²) in [7, 11) is 1.66. The number of ether oxygens (including phenoxy) is 1. The van der Waals surface area contributed by atoms with E-state index < -0.39 is 0 Å². The third-order valence-electron chi connectivity index (χ3n) is 4.61. The van der Waals surface area contributed by atoms with Crippen molar-refractivity contribution in [1.29, 1.82) is 0 Å². The fraction of sp³-hybridized carbons (Fsp3) is 0.333. The number of amides is 1. The first-order valence-corrected chi connectivity index (χ1v) is 8.52. The van der Waals surface area contributed by atoms with E-state index in [1.165, 1.54) is 0 Å². The molecule has 3 heterocycles. The van der Waals surface area contributed by atoms with Gasteiger partial charge in [0.1, 0.15) is 5.75 Å². The smallest absolute Gasteiger partial charge is 0.293 e. The van der Waals surface area contributed by atoms with Gasteiger partial charge in [0.05, 0.1) is 7.11 Å². The number of hydrogen-bond donors (Lipinski definition) is 0. The van der Waals surface area contributed by atoms with E-state index in [2.05, 4.69) is 26.0 Å². The van der Waals surface area contributed by atoms with E-state index in [0.717, 1.165) is 30.2 Å². The molecule has 0 radical (unpaired) electrons. The van der Waals surface area contributed by atoms with Crippen LogP contribution in [0.25, 0.3) is 5.78 Å². The van der Waals surface area contributed by atoms with Gasteiger partial charge in [0, 0.05) is 49.8 Å². The first kappa shape index (κ1) is 16.3. The molecule has 0 spiro atoms. The largest absolute Gasteiger partial charge is 0.497 e. The predicted molar refractivity (Wildman–Crippen MR) is 96.6 cm³/mol. The monoisotopic (exact) mass is 352 g/mol. The van der Waals surface area contributed by atoms with Gasteiger partial charge in [-0.15, -0.1) is 5.10 Å². The molecule has 1 saturated heterocycles. The van der Waals surface area contributed by atoms with Crippen molar-refractivity contribution in [1.82, 2.24) is 24.5 Å². The van der Waals surface area contributed by atoms with Crippen LogP contribution in [0.1, 0.15) is 16.3 Å². The van der Waals surface area contributed by atoms with Gasteiger partial charge in [-0.1, -0.05) is 6.07 Å². The number of rotatable bonds is 3. The topological polar surface area (TPSA) is 75.9 Å². The molecule has 134 valence electrons. The summed E-state index contributed by atoms with van der Waals surface area (Å²) in [4.78, 5) is 25.2. The van der Waals surface area contributed by atoms with E-state index in [-0.39, 0.29) is 11.7 Å². The summed E-state index contributed by atoms with van der Waals surface area (Å²) in [6.45, 7) is 4.66. The van der Waals surface area contributed by atoms with Crippen molar-refractivity contribution in [3.63, 3.8) is 0 Å². The van der Waals surface area contributed by atoms with Crippen LogP contribution in [0.5, 0.6) is 5.75 Å². The Labute approximate surface area is 151 Å². The first-order chi connectivity index (χ1) is 12.7. The van der Waals surface area contributed by atoms with Crippen molar-refractivity contribution < 1.29 is 9.53 Å². The average Bonchev–Trinajstić information content (AvgIpc) is 3.13. The van der Waals surface area contributed by atoms with Gasteiger partial charge < -0.3 is 14.5 Å². The maximum atomic E-state index is 12.7. The molecule has 1 amide bonds. The normalized spacial score (nSPS) is 14.7. The number of methoxy groups -OCH3 is 1. The molecule has 2 aromatic heterocycles. The van der Waals surface area contributed by atoms with Crippen LogP contribution >= 0.6 is 0 Å². The van der Waals surface area contributed by atoms with Crippen LogP contribution in [0, 0.1) is 6.92 Å². The molecule has 0 atom stereocenters. The van der Waals surface area contributed by atoms with Crippen molar-refractivity contribution in [2.75, 3.05) is 38.2 Å². The van der Waals surface area contributed by atoms with Gasteiger partial charge in [-0.3, -0.25) is 4.79 Å². The quantitative estimate of drug-likeness (QED) is 0.709. The van der Waals surface area contributed by atoms with E-state index in [9.17, 15) is 4.79 Å². The number of nitrogens with zero attached hydrogens (tertiary/aromatic N) is 6. The molecule has 0 bridgehead atoms. The fourth-order valence-electron chi connectivity index (χ4n) is 3.11. The van der Waals surface area contributed by atoms with Crippen molar-refractivity contribution in [2.45, 2.75) is 6.92 Å². The lowest BCUT2D eigenvalue weighted by atomic mass is 10.2. The highest BCUT2D eigenvalue weighted by molar-refractivity contribution is 5.91. The molecule has 4 rings (SSSR count). The van der Waals surface area contributed by atoms with Crippen molar-refractivity contribution in [2.24, 2.45) is 0 Å². The number of carbonyl (C=O) groups is 1. The van der Waals surface area contributed by atoms with Crippen LogP contribution in [0.2, 0.25) is 0 Å². The zero-order valence-electron chi connectivity index (χ0n) is 14.8. The molecular weight excluding hydrogens is 332 g/mol. The van der Waals surface area contributed by atoms with Gasteiger partial charge in [0.15, 0.2) is 0 Å². The van der Waals surface area contributed by atoms with Crippen molar-refractivity contribution in [3.8, 4) is 5.75 Å². The zero-order chi connectivity index (χ0) is 18.1. The van der Waals surface area contributed by atoms with Crippen LogP contribution in [0.3, 0.4) is 0 Å². The van der Waals surface area contributed by atoms with Gasteiger partial charge >= 0.3 is 0 Å². The molecule has 1 aromatic carbocycles. The van der Waals surface area contributed by atoms with E-state index in [4.69, 9.17) is 4.74 Å². The highest BCUT2D eigenvalue weighted by atomic mass is 16.5. The summed E-state index contributed by atoms with van der Waals surface area (Å²) in [5.41, 5.74) is 1.99. The van der Waals surface area contributed by atoms with Gasteiger partial charge in [-0.2, -0.15) is 4.98 Å². The van der Waals surface area contributed by atoms with Crippen LogP contribution in [0.4, 0.5) is 5.69 Å². The number of carbonyl (C=O) groups excluding carboxylic acids is 1. The highest BCUT2D eigenvalue weighted by Gasteiger charge is 2.25. The number of aryl methyl sites for hydroxylation is 1. The summed E-state index contributed by atoms with van der Waals surface area (Å²) in [6, 6.07) is 9.80. The molecule has 8 nitrogen and oxygen atoms in total. The van der Waals surface area contributed by atoms with E-state index in [1.54, 1.807) is 22.7 Å². The summed E-state index contributed by atoms with van der Waals surface area (Å²) in [6.07, 6.45) is 1.67. The van der Waals surface area contributed by atoms with Crippen LogP contribution in [-0.2, 0) is 0 Å². The maximum absolute atomic E-state index is 12.7. The Bertz CT molecular complexity index is 946. The number of fused-ring (bicyclic) bond motifs is 1. The summed E-state index contributed by atoms with van der Waals surface area (Å²) >= 11 is 0. The summed E-state index contributed by atoms with van der Waals surface area (Å²) in [5.74, 6) is 1.32. The lowest BCUT2D eigenvalue weighted by Crippen LogP contribution is -2.49. The lowest BCUT2D eigenvalue weighted by molar-refractivity contribution is 0.0734. The Hall–Kier alpha value is -3.16. The third kappa shape index (κ3) is 2.94. The number of aromatic nitrogens is 4. The minimum Gasteiger partial charge on any atom is -0.497 e. The molecule has 0 saturated carbocycles. The van der Waals surface area contributed by atoms with Gasteiger partial charge in [-0.05, 0) is 25.1 Å². The number of piperazine rings is 1. The van der Waals surface area contributed by atoms with E-state index in [0.29, 0.717) is 18.9 Å². The van der Waals surface area contributed by atoms with Gasteiger partial charge in [-0.25, -0.2) is 9.50 Å². The molecule has 0 aliphatic carbocycles. The molecule has 0 unspecified atom stereocenters. The molecule has 26 heavy (non-hydrogen) atoms. The Balaban J connectivity index is 1.46. The number of benzene rings is 1. The maximum Gasteiger partial charge on any atom is 0.293 e. The predicted octanol–water partition coefficient (Wildman–Crippen LogP) is 1.40. The molecule has 1 aliphatic heterocycles. The first-order valence-electron chi connectivity index (χ1n) is 8.52. The number of anilines is 1. The van der Waals surface area contributed by atoms with Crippen LogP contribution < -0.4 is 9.64 Å². The second-order valence-corrected chi connectivity index (χ2v) is 6.21. The molecule has 1 fully saturated rings.